The number of nitrogens with one attached hydrogen (secondary N) is 1. The molecule has 3 nitrogen and oxygen atoms in total. The third-order valence-electron chi connectivity index (χ3n) is 2.66. The second-order valence-electron chi connectivity index (χ2n) is 4.16. The van der Waals surface area contributed by atoms with Crippen LogP contribution in [0.4, 0.5) is 0 Å². The van der Waals surface area contributed by atoms with Gasteiger partial charge in [0.25, 0.3) is 0 Å². The van der Waals surface area contributed by atoms with Gasteiger partial charge in [0.2, 0.25) is 0 Å². The quantitative estimate of drug-likeness (QED) is 0.690. The van der Waals surface area contributed by atoms with Crippen LogP contribution in [0.3, 0.4) is 0 Å². The van der Waals surface area contributed by atoms with Gasteiger partial charge in [-0.2, -0.15) is 0 Å². The highest BCUT2D eigenvalue weighted by atomic mass is 32.1. The van der Waals surface area contributed by atoms with Gasteiger partial charge < -0.3 is 10.1 Å². The molecule has 4 heteroatoms. The van der Waals surface area contributed by atoms with Crippen molar-refractivity contribution in [2.24, 2.45) is 0 Å². The van der Waals surface area contributed by atoms with Crippen LogP contribution in [0.25, 0.3) is 0 Å². The van der Waals surface area contributed by atoms with Gasteiger partial charge in [-0.05, 0) is 33.2 Å². The maximum atomic E-state index is 5.38. The Labute approximate surface area is 109 Å². The molecule has 0 spiro atoms. The first-order valence-corrected chi connectivity index (χ1v) is 7.36. The van der Waals surface area contributed by atoms with Gasteiger partial charge in [-0.3, -0.25) is 0 Å². The summed E-state index contributed by atoms with van der Waals surface area (Å²) < 4.78 is 5.38. The van der Waals surface area contributed by atoms with E-state index in [1.807, 2.05) is 6.92 Å². The van der Waals surface area contributed by atoms with Crippen LogP contribution in [0.5, 0.6) is 0 Å². The fourth-order valence-corrected chi connectivity index (χ4v) is 2.52. The van der Waals surface area contributed by atoms with Crippen molar-refractivity contribution < 1.29 is 4.74 Å². The van der Waals surface area contributed by atoms with Gasteiger partial charge >= 0.3 is 0 Å². The van der Waals surface area contributed by atoms with E-state index < -0.39 is 0 Å². The first kappa shape index (κ1) is 14.6. The third-order valence-corrected chi connectivity index (χ3v) is 3.48. The summed E-state index contributed by atoms with van der Waals surface area (Å²) in [5.41, 5.74) is 1.22. The molecule has 1 aromatic heterocycles. The predicted molar refractivity (Wildman–Crippen MR) is 73.7 cm³/mol. The van der Waals surface area contributed by atoms with Crippen molar-refractivity contribution in [3.8, 4) is 0 Å². The molecule has 0 aliphatic rings. The average Bonchev–Trinajstić information content (AvgIpc) is 2.70. The van der Waals surface area contributed by atoms with Crippen molar-refractivity contribution >= 4 is 11.3 Å². The van der Waals surface area contributed by atoms with Gasteiger partial charge in [0, 0.05) is 31.1 Å². The second kappa shape index (κ2) is 8.61. The number of aryl methyl sites for hydroxylation is 1. The number of ether oxygens (including phenoxy) is 1. The standard InChI is InChI=1S/C13H24N2OS/c1-4-14-12(7-6-8-16-5-2)9-13-10-17-11(3)15-13/h10,12,14H,4-9H2,1-3H3. The highest BCUT2D eigenvalue weighted by Gasteiger charge is 2.10. The number of hydrogen-bond donors (Lipinski definition) is 1. The minimum atomic E-state index is 0.530. The first-order valence-electron chi connectivity index (χ1n) is 6.48. The SMILES string of the molecule is CCNC(CCCOCC)Cc1csc(C)n1. The molecule has 0 radical (unpaired) electrons. The van der Waals surface area contributed by atoms with E-state index >= 15 is 0 Å². The maximum Gasteiger partial charge on any atom is 0.0897 e. The molecule has 1 N–H and O–H groups in total. The van der Waals surface area contributed by atoms with Crippen molar-refractivity contribution in [2.45, 2.75) is 46.1 Å². The van der Waals surface area contributed by atoms with Crippen molar-refractivity contribution in [2.75, 3.05) is 19.8 Å². The zero-order valence-electron chi connectivity index (χ0n) is 11.2. The lowest BCUT2D eigenvalue weighted by Gasteiger charge is -2.16. The number of rotatable bonds is 9. The van der Waals surface area contributed by atoms with E-state index in [4.69, 9.17) is 4.74 Å². The van der Waals surface area contributed by atoms with E-state index in [0.717, 1.165) is 44.0 Å². The van der Waals surface area contributed by atoms with Crippen molar-refractivity contribution in [1.29, 1.82) is 0 Å². The van der Waals surface area contributed by atoms with Crippen LogP contribution in [0.15, 0.2) is 5.38 Å². The Balaban J connectivity index is 2.32. The molecule has 1 rings (SSSR count). The van der Waals surface area contributed by atoms with Crippen LogP contribution in [-0.2, 0) is 11.2 Å². The molecule has 0 saturated carbocycles. The minimum Gasteiger partial charge on any atom is -0.382 e. The van der Waals surface area contributed by atoms with E-state index in [1.165, 1.54) is 5.69 Å². The molecule has 1 aromatic rings. The minimum absolute atomic E-state index is 0.530. The highest BCUT2D eigenvalue weighted by Crippen LogP contribution is 2.12. The number of likely N-dealkylation sites (N-methyl/N-ethyl adjacent to an activating group) is 1. The van der Waals surface area contributed by atoms with Crippen molar-refractivity contribution in [3.05, 3.63) is 16.1 Å². The molecule has 0 aliphatic heterocycles. The summed E-state index contributed by atoms with van der Waals surface area (Å²) in [6.45, 7) is 8.96. The largest absolute Gasteiger partial charge is 0.382 e. The Kier molecular flexibility index (Phi) is 7.40. The third kappa shape index (κ3) is 6.15. The lowest BCUT2D eigenvalue weighted by molar-refractivity contribution is 0.140. The smallest absolute Gasteiger partial charge is 0.0897 e. The molecule has 1 heterocycles. The van der Waals surface area contributed by atoms with Crippen molar-refractivity contribution in [1.82, 2.24) is 10.3 Å². The molecule has 0 fully saturated rings. The Bertz CT molecular complexity index is 301. The Hall–Kier alpha value is -0.450. The van der Waals surface area contributed by atoms with Crippen LogP contribution in [-0.4, -0.2) is 30.8 Å². The van der Waals surface area contributed by atoms with Gasteiger partial charge in [-0.1, -0.05) is 6.92 Å². The van der Waals surface area contributed by atoms with Crippen LogP contribution < -0.4 is 5.32 Å². The normalized spacial score (nSPS) is 12.9. The number of hydrogen-bond acceptors (Lipinski definition) is 4. The number of aromatic nitrogens is 1. The van der Waals surface area contributed by atoms with E-state index in [2.05, 4.69) is 29.5 Å². The summed E-state index contributed by atoms with van der Waals surface area (Å²) in [5.74, 6) is 0. The molecule has 98 valence electrons. The Morgan fingerprint density at radius 1 is 1.47 bits per heavy atom. The van der Waals surface area contributed by atoms with E-state index in [9.17, 15) is 0 Å². The molecule has 1 unspecified atom stereocenters. The fourth-order valence-electron chi connectivity index (χ4n) is 1.90. The zero-order valence-corrected chi connectivity index (χ0v) is 12.0. The molecule has 0 saturated heterocycles. The van der Waals surface area contributed by atoms with Gasteiger partial charge in [0.05, 0.1) is 10.7 Å². The lowest BCUT2D eigenvalue weighted by Crippen LogP contribution is -2.31. The molecule has 17 heavy (non-hydrogen) atoms. The molecule has 0 amide bonds. The van der Waals surface area contributed by atoms with E-state index in [1.54, 1.807) is 11.3 Å². The van der Waals surface area contributed by atoms with Crippen LogP contribution in [0.2, 0.25) is 0 Å². The summed E-state index contributed by atoms with van der Waals surface area (Å²) in [5, 5.41) is 6.85. The Morgan fingerprint density at radius 2 is 2.29 bits per heavy atom. The topological polar surface area (TPSA) is 34.1 Å². The highest BCUT2D eigenvalue weighted by molar-refractivity contribution is 7.09. The zero-order chi connectivity index (χ0) is 12.5. The molecular formula is C13H24N2OS. The number of thiazole rings is 1. The summed E-state index contributed by atoms with van der Waals surface area (Å²) in [6.07, 6.45) is 3.31. The average molecular weight is 256 g/mol. The van der Waals surface area contributed by atoms with Gasteiger partial charge in [0.15, 0.2) is 0 Å². The predicted octanol–water partition coefficient (Wildman–Crippen LogP) is 2.79. The number of nitrogens with zero attached hydrogens (tertiary/aromatic N) is 1. The van der Waals surface area contributed by atoms with Gasteiger partial charge in [-0.15, -0.1) is 11.3 Å². The fraction of sp³-hybridized carbons (Fsp3) is 0.769. The van der Waals surface area contributed by atoms with Crippen LogP contribution in [0, 0.1) is 6.92 Å². The monoisotopic (exact) mass is 256 g/mol. The molecular weight excluding hydrogens is 232 g/mol. The second-order valence-corrected chi connectivity index (χ2v) is 5.22. The summed E-state index contributed by atoms with van der Waals surface area (Å²) >= 11 is 1.73. The molecule has 0 aliphatic carbocycles. The molecule has 1 atom stereocenters. The van der Waals surface area contributed by atoms with Gasteiger partial charge in [0.1, 0.15) is 0 Å². The van der Waals surface area contributed by atoms with Crippen LogP contribution >= 0.6 is 11.3 Å². The summed E-state index contributed by atoms with van der Waals surface area (Å²) in [7, 11) is 0. The van der Waals surface area contributed by atoms with E-state index in [-0.39, 0.29) is 0 Å². The van der Waals surface area contributed by atoms with E-state index in [0.29, 0.717) is 6.04 Å². The molecule has 0 aromatic carbocycles. The summed E-state index contributed by atoms with van der Waals surface area (Å²) in [4.78, 5) is 4.52. The maximum absolute atomic E-state index is 5.38. The van der Waals surface area contributed by atoms with Gasteiger partial charge in [-0.25, -0.2) is 4.98 Å². The first-order chi connectivity index (χ1) is 8.26. The lowest BCUT2D eigenvalue weighted by atomic mass is 10.1. The summed E-state index contributed by atoms with van der Waals surface area (Å²) in [6, 6.07) is 0.530. The van der Waals surface area contributed by atoms with Crippen molar-refractivity contribution in [3.63, 3.8) is 0 Å². The molecule has 0 bridgehead atoms. The Morgan fingerprint density at radius 3 is 2.88 bits per heavy atom. The van der Waals surface area contributed by atoms with Crippen LogP contribution in [0.1, 0.15) is 37.4 Å².